The summed E-state index contributed by atoms with van der Waals surface area (Å²) in [6.45, 7) is 2.36. The van der Waals surface area contributed by atoms with Gasteiger partial charge < -0.3 is 15.0 Å². The zero-order valence-electron chi connectivity index (χ0n) is 11.1. The number of thioether (sulfide) groups is 1. The lowest BCUT2D eigenvalue weighted by molar-refractivity contribution is -0.118. The van der Waals surface area contributed by atoms with Crippen LogP contribution in [0.5, 0.6) is 0 Å². The highest BCUT2D eigenvalue weighted by Gasteiger charge is 2.26. The molecule has 0 aromatic carbocycles. The summed E-state index contributed by atoms with van der Waals surface area (Å²) in [5, 5.41) is 20.7. The summed E-state index contributed by atoms with van der Waals surface area (Å²) in [5.74, 6) is 0.362. The van der Waals surface area contributed by atoms with Crippen molar-refractivity contribution in [3.05, 3.63) is 6.33 Å². The molecule has 1 aliphatic rings. The van der Waals surface area contributed by atoms with E-state index in [2.05, 4.69) is 15.5 Å². The van der Waals surface area contributed by atoms with Crippen molar-refractivity contribution in [2.45, 2.75) is 49.9 Å². The molecule has 1 aromatic heterocycles. The first-order valence-corrected chi connectivity index (χ1v) is 7.62. The van der Waals surface area contributed by atoms with E-state index in [1.54, 1.807) is 13.3 Å². The number of carbonyl (C=O) groups excluding carboxylic acids is 1. The predicted molar refractivity (Wildman–Crippen MR) is 72.9 cm³/mol. The van der Waals surface area contributed by atoms with Gasteiger partial charge >= 0.3 is 0 Å². The van der Waals surface area contributed by atoms with Crippen LogP contribution in [0.4, 0.5) is 0 Å². The number of aromatic nitrogens is 3. The molecule has 2 rings (SSSR count). The Hall–Kier alpha value is -1.08. The molecule has 0 bridgehead atoms. The zero-order valence-corrected chi connectivity index (χ0v) is 11.9. The predicted octanol–water partition coefficient (Wildman–Crippen LogP) is 0.982. The standard InChI is InChI=1S/C12H20N4O2S/c1-9(17)3-2-6-13-11(18)7-19-12-15-14-8-16(12)10-4-5-10/h8-10,17H,2-7H2,1H3,(H,13,18). The van der Waals surface area contributed by atoms with E-state index in [9.17, 15) is 4.79 Å². The Morgan fingerprint density at radius 1 is 1.68 bits per heavy atom. The van der Waals surface area contributed by atoms with Gasteiger partial charge in [0.05, 0.1) is 11.9 Å². The molecular formula is C12H20N4O2S. The highest BCUT2D eigenvalue weighted by atomic mass is 32.2. The highest BCUT2D eigenvalue weighted by molar-refractivity contribution is 7.99. The van der Waals surface area contributed by atoms with Crippen molar-refractivity contribution in [3.63, 3.8) is 0 Å². The minimum absolute atomic E-state index is 0.000870. The van der Waals surface area contributed by atoms with Crippen LogP contribution in [0.3, 0.4) is 0 Å². The van der Waals surface area contributed by atoms with Gasteiger partial charge in [0.1, 0.15) is 6.33 Å². The smallest absolute Gasteiger partial charge is 0.230 e. The van der Waals surface area contributed by atoms with E-state index >= 15 is 0 Å². The number of amides is 1. The number of nitrogens with zero attached hydrogens (tertiary/aromatic N) is 3. The first-order chi connectivity index (χ1) is 9.16. The van der Waals surface area contributed by atoms with Gasteiger partial charge in [-0.1, -0.05) is 11.8 Å². The Labute approximate surface area is 117 Å². The van der Waals surface area contributed by atoms with Crippen molar-refractivity contribution in [2.24, 2.45) is 0 Å². The number of aliphatic hydroxyl groups excluding tert-OH is 1. The summed E-state index contributed by atoms with van der Waals surface area (Å²) in [7, 11) is 0. The molecule has 1 saturated carbocycles. The SMILES string of the molecule is CC(O)CCCNC(=O)CSc1nncn1C1CC1. The molecule has 1 unspecified atom stereocenters. The van der Waals surface area contributed by atoms with Crippen LogP contribution in [0, 0.1) is 0 Å². The maximum atomic E-state index is 11.6. The second-order valence-corrected chi connectivity index (χ2v) is 5.82. The molecule has 1 aliphatic carbocycles. The minimum Gasteiger partial charge on any atom is -0.393 e. The Morgan fingerprint density at radius 3 is 3.16 bits per heavy atom. The fourth-order valence-corrected chi connectivity index (χ4v) is 2.56. The summed E-state index contributed by atoms with van der Waals surface area (Å²) in [5.41, 5.74) is 0. The van der Waals surface area contributed by atoms with Gasteiger partial charge in [-0.3, -0.25) is 4.79 Å². The molecule has 1 heterocycles. The monoisotopic (exact) mass is 284 g/mol. The zero-order chi connectivity index (χ0) is 13.7. The quantitative estimate of drug-likeness (QED) is 0.549. The van der Waals surface area contributed by atoms with Gasteiger partial charge in [0.15, 0.2) is 5.16 Å². The van der Waals surface area contributed by atoms with Crippen molar-refractivity contribution in [2.75, 3.05) is 12.3 Å². The molecule has 0 radical (unpaired) electrons. The fraction of sp³-hybridized carbons (Fsp3) is 0.750. The third-order valence-corrected chi connectivity index (χ3v) is 3.89. The lowest BCUT2D eigenvalue weighted by Crippen LogP contribution is -2.26. The van der Waals surface area contributed by atoms with E-state index in [4.69, 9.17) is 5.11 Å². The highest BCUT2D eigenvalue weighted by Crippen LogP contribution is 2.37. The second kappa shape index (κ2) is 6.91. The first kappa shape index (κ1) is 14.3. The Bertz CT molecular complexity index is 418. The molecule has 1 aromatic rings. The van der Waals surface area contributed by atoms with Crippen LogP contribution in [0.15, 0.2) is 11.5 Å². The summed E-state index contributed by atoms with van der Waals surface area (Å²) in [6.07, 6.45) is 5.30. The molecule has 0 spiro atoms. The third-order valence-electron chi connectivity index (χ3n) is 2.93. The van der Waals surface area contributed by atoms with Crippen molar-refractivity contribution in [3.8, 4) is 0 Å². The molecule has 0 aliphatic heterocycles. The molecule has 6 nitrogen and oxygen atoms in total. The fourth-order valence-electron chi connectivity index (χ4n) is 1.74. The Kier molecular flexibility index (Phi) is 5.21. The Morgan fingerprint density at radius 2 is 2.47 bits per heavy atom. The topological polar surface area (TPSA) is 80.0 Å². The van der Waals surface area contributed by atoms with E-state index in [1.165, 1.54) is 24.6 Å². The number of nitrogens with one attached hydrogen (secondary N) is 1. The summed E-state index contributed by atoms with van der Waals surface area (Å²) in [6, 6.07) is 0.534. The van der Waals surface area contributed by atoms with E-state index < -0.39 is 0 Å². The molecule has 1 amide bonds. The molecule has 1 fully saturated rings. The van der Waals surface area contributed by atoms with Gasteiger partial charge in [0.25, 0.3) is 0 Å². The van der Waals surface area contributed by atoms with Crippen molar-refractivity contribution >= 4 is 17.7 Å². The van der Waals surface area contributed by atoms with E-state index in [-0.39, 0.29) is 12.0 Å². The number of aliphatic hydroxyl groups is 1. The maximum Gasteiger partial charge on any atom is 0.230 e. The van der Waals surface area contributed by atoms with E-state index in [0.717, 1.165) is 11.6 Å². The van der Waals surface area contributed by atoms with Crippen molar-refractivity contribution in [1.82, 2.24) is 20.1 Å². The van der Waals surface area contributed by atoms with Crippen LogP contribution in [0.2, 0.25) is 0 Å². The average molecular weight is 284 g/mol. The van der Waals surface area contributed by atoms with Gasteiger partial charge in [0, 0.05) is 12.6 Å². The van der Waals surface area contributed by atoms with Gasteiger partial charge in [-0.25, -0.2) is 0 Å². The van der Waals surface area contributed by atoms with Crippen LogP contribution in [-0.4, -0.2) is 44.2 Å². The van der Waals surface area contributed by atoms with Gasteiger partial charge in [0.2, 0.25) is 5.91 Å². The summed E-state index contributed by atoms with van der Waals surface area (Å²) < 4.78 is 2.05. The number of hydrogen-bond donors (Lipinski definition) is 2. The normalized spacial score (nSPS) is 16.3. The van der Waals surface area contributed by atoms with Gasteiger partial charge in [-0.2, -0.15) is 0 Å². The third kappa shape index (κ3) is 4.83. The summed E-state index contributed by atoms with van der Waals surface area (Å²) >= 11 is 1.42. The molecule has 2 N–H and O–H groups in total. The molecule has 19 heavy (non-hydrogen) atoms. The lowest BCUT2D eigenvalue weighted by Gasteiger charge is -2.07. The van der Waals surface area contributed by atoms with Crippen LogP contribution in [0.25, 0.3) is 0 Å². The van der Waals surface area contributed by atoms with E-state index in [1.807, 2.05) is 4.57 Å². The van der Waals surface area contributed by atoms with E-state index in [0.29, 0.717) is 24.8 Å². The van der Waals surface area contributed by atoms with Crippen molar-refractivity contribution in [1.29, 1.82) is 0 Å². The van der Waals surface area contributed by atoms with Crippen LogP contribution >= 0.6 is 11.8 Å². The van der Waals surface area contributed by atoms with Crippen LogP contribution in [0.1, 0.15) is 38.6 Å². The van der Waals surface area contributed by atoms with Crippen LogP contribution in [-0.2, 0) is 4.79 Å². The number of rotatable bonds is 8. The Balaban J connectivity index is 1.64. The summed E-state index contributed by atoms with van der Waals surface area (Å²) in [4.78, 5) is 11.6. The molecule has 1 atom stereocenters. The lowest BCUT2D eigenvalue weighted by atomic mass is 10.2. The molecule has 106 valence electrons. The number of hydrogen-bond acceptors (Lipinski definition) is 5. The second-order valence-electron chi connectivity index (χ2n) is 4.88. The largest absolute Gasteiger partial charge is 0.393 e. The van der Waals surface area contributed by atoms with Crippen LogP contribution < -0.4 is 5.32 Å². The minimum atomic E-state index is -0.302. The molecule has 7 heteroatoms. The first-order valence-electron chi connectivity index (χ1n) is 6.64. The average Bonchev–Trinajstić information content (AvgIpc) is 3.11. The number of carbonyl (C=O) groups is 1. The molecule has 0 saturated heterocycles. The maximum absolute atomic E-state index is 11.6. The molecular weight excluding hydrogens is 264 g/mol. The van der Waals surface area contributed by atoms with Gasteiger partial charge in [-0.05, 0) is 32.6 Å². The van der Waals surface area contributed by atoms with Crippen molar-refractivity contribution < 1.29 is 9.90 Å². The van der Waals surface area contributed by atoms with Gasteiger partial charge in [-0.15, -0.1) is 10.2 Å².